The third-order valence-electron chi connectivity index (χ3n) is 6.06. The summed E-state index contributed by atoms with van der Waals surface area (Å²) in [4.78, 5) is 42.2. The largest absolute Gasteiger partial charge is 0.497 e. The zero-order valence-corrected chi connectivity index (χ0v) is 17.9. The minimum atomic E-state index is -0.881. The van der Waals surface area contributed by atoms with Gasteiger partial charge in [-0.15, -0.1) is 0 Å². The molecule has 2 aromatic carbocycles. The number of anilines is 2. The summed E-state index contributed by atoms with van der Waals surface area (Å²) in [5.74, 6) is -0.606. The van der Waals surface area contributed by atoms with E-state index in [-0.39, 0.29) is 12.5 Å². The zero-order valence-electron chi connectivity index (χ0n) is 17.9. The highest BCUT2D eigenvalue weighted by molar-refractivity contribution is 6.22. The maximum Gasteiger partial charge on any atom is 0.332 e. The summed E-state index contributed by atoms with van der Waals surface area (Å²) in [6.07, 6.45) is 4.53. The highest BCUT2D eigenvalue weighted by atomic mass is 19.1. The van der Waals surface area contributed by atoms with E-state index in [1.165, 1.54) is 24.3 Å². The van der Waals surface area contributed by atoms with Crippen molar-refractivity contribution in [1.82, 2.24) is 4.90 Å². The quantitative estimate of drug-likeness (QED) is 0.680. The summed E-state index contributed by atoms with van der Waals surface area (Å²) in [6, 6.07) is 10.8. The van der Waals surface area contributed by atoms with Crippen molar-refractivity contribution in [2.45, 2.75) is 50.6 Å². The normalized spacial score (nSPS) is 19.4. The van der Waals surface area contributed by atoms with Crippen LogP contribution >= 0.6 is 0 Å². The molecular weight excluding hydrogens is 413 g/mol. The van der Waals surface area contributed by atoms with Gasteiger partial charge in [0.05, 0.1) is 19.2 Å². The van der Waals surface area contributed by atoms with E-state index in [0.717, 1.165) is 37.0 Å². The lowest BCUT2D eigenvalue weighted by molar-refractivity contribution is -0.125. The molecule has 7 nitrogen and oxygen atoms in total. The van der Waals surface area contributed by atoms with Crippen LogP contribution in [0.5, 0.6) is 5.75 Å². The minimum Gasteiger partial charge on any atom is -0.497 e. The van der Waals surface area contributed by atoms with Gasteiger partial charge in [-0.2, -0.15) is 0 Å². The summed E-state index contributed by atoms with van der Waals surface area (Å²) in [5.41, 5.74) is 0.882. The number of hydrogen-bond acceptors (Lipinski definition) is 4. The number of methoxy groups -OCH3 is 1. The maximum absolute atomic E-state index is 13.4. The Hall–Kier alpha value is -3.42. The number of carbonyl (C=O) groups is 3. The van der Waals surface area contributed by atoms with Crippen LogP contribution in [-0.2, 0) is 9.59 Å². The molecule has 4 rings (SSSR count). The molecule has 1 N–H and O–H groups in total. The van der Waals surface area contributed by atoms with Crippen LogP contribution < -0.4 is 15.0 Å². The molecule has 1 saturated carbocycles. The number of nitrogens with one attached hydrogen (secondary N) is 1. The highest BCUT2D eigenvalue weighted by Crippen LogP contribution is 2.34. The van der Waals surface area contributed by atoms with Crippen LogP contribution in [0.3, 0.4) is 0 Å². The minimum absolute atomic E-state index is 0.0768. The van der Waals surface area contributed by atoms with E-state index < -0.39 is 29.7 Å². The Morgan fingerprint density at radius 3 is 2.31 bits per heavy atom. The van der Waals surface area contributed by atoms with Gasteiger partial charge in [0.25, 0.3) is 5.91 Å². The molecule has 2 aromatic rings. The average molecular weight is 439 g/mol. The molecule has 0 spiro atoms. The number of amides is 4. The van der Waals surface area contributed by atoms with Gasteiger partial charge >= 0.3 is 6.03 Å². The topological polar surface area (TPSA) is 79.0 Å². The lowest BCUT2D eigenvalue weighted by Crippen LogP contribution is -2.45. The molecule has 2 fully saturated rings. The monoisotopic (exact) mass is 439 g/mol. The van der Waals surface area contributed by atoms with Gasteiger partial charge in [-0.05, 0) is 61.4 Å². The van der Waals surface area contributed by atoms with Crippen LogP contribution in [0.1, 0.15) is 38.5 Å². The molecule has 0 aromatic heterocycles. The average Bonchev–Trinajstić information content (AvgIpc) is 3.05. The molecule has 0 radical (unpaired) electrons. The third kappa shape index (κ3) is 4.44. The first-order valence-corrected chi connectivity index (χ1v) is 10.8. The molecule has 4 amide bonds. The molecule has 1 aliphatic heterocycles. The second kappa shape index (κ2) is 9.38. The smallest absolute Gasteiger partial charge is 0.332 e. The molecular formula is C24H26FN3O4. The molecule has 0 bridgehead atoms. The number of hydrogen-bond donors (Lipinski definition) is 1. The van der Waals surface area contributed by atoms with Crippen molar-refractivity contribution in [2.24, 2.45) is 0 Å². The predicted molar refractivity (Wildman–Crippen MR) is 118 cm³/mol. The van der Waals surface area contributed by atoms with Crippen molar-refractivity contribution < 1.29 is 23.5 Å². The molecule has 1 aliphatic carbocycles. The summed E-state index contributed by atoms with van der Waals surface area (Å²) in [5, 5.41) is 2.69. The van der Waals surface area contributed by atoms with Gasteiger partial charge in [-0.3, -0.25) is 9.59 Å². The second-order valence-electron chi connectivity index (χ2n) is 8.13. The fourth-order valence-corrected chi connectivity index (χ4v) is 4.46. The zero-order chi connectivity index (χ0) is 22.7. The standard InChI is InChI=1S/C24H26FN3O4/c1-32-20-13-11-19(12-14-20)28-23(30)21(27(24(28)31)18-5-3-2-4-6-18)15-22(29)26-17-9-7-16(25)8-10-17/h7-14,18,21H,2-6,15H2,1H3,(H,26,29). The Labute approximate surface area is 186 Å². The first kappa shape index (κ1) is 21.8. The molecule has 2 aliphatic rings. The van der Waals surface area contributed by atoms with Gasteiger partial charge in [0.2, 0.25) is 5.91 Å². The molecule has 32 heavy (non-hydrogen) atoms. The van der Waals surface area contributed by atoms with Crippen molar-refractivity contribution in [1.29, 1.82) is 0 Å². The molecule has 8 heteroatoms. The number of rotatable bonds is 6. The van der Waals surface area contributed by atoms with Gasteiger partial charge < -0.3 is 15.0 Å². The van der Waals surface area contributed by atoms with Crippen LogP contribution in [0.25, 0.3) is 0 Å². The lowest BCUT2D eigenvalue weighted by Gasteiger charge is -2.33. The number of imide groups is 1. The van der Waals surface area contributed by atoms with Crippen LogP contribution in [0.4, 0.5) is 20.6 Å². The fraction of sp³-hybridized carbons (Fsp3) is 0.375. The SMILES string of the molecule is COc1ccc(N2C(=O)C(CC(=O)Nc3ccc(F)cc3)N(C3CCCCC3)C2=O)cc1. The predicted octanol–water partition coefficient (Wildman–Crippen LogP) is 4.33. The van der Waals surface area contributed by atoms with Gasteiger partial charge in [0.15, 0.2) is 0 Å². The van der Waals surface area contributed by atoms with E-state index >= 15 is 0 Å². The van der Waals surface area contributed by atoms with Crippen LogP contribution in [-0.4, -0.2) is 41.9 Å². The van der Waals surface area contributed by atoms with E-state index in [4.69, 9.17) is 4.74 Å². The van der Waals surface area contributed by atoms with Gasteiger partial charge in [0, 0.05) is 11.7 Å². The Bertz CT molecular complexity index is 987. The van der Waals surface area contributed by atoms with Crippen molar-refractivity contribution in [2.75, 3.05) is 17.3 Å². The Balaban J connectivity index is 1.57. The number of nitrogens with zero attached hydrogens (tertiary/aromatic N) is 2. The van der Waals surface area contributed by atoms with Crippen LogP contribution in [0, 0.1) is 5.82 Å². The number of halogens is 1. The Morgan fingerprint density at radius 2 is 1.69 bits per heavy atom. The highest BCUT2D eigenvalue weighted by Gasteiger charge is 2.49. The summed E-state index contributed by atoms with van der Waals surface area (Å²) in [7, 11) is 1.54. The lowest BCUT2D eigenvalue weighted by atomic mass is 9.93. The van der Waals surface area contributed by atoms with Gasteiger partial charge in [0.1, 0.15) is 17.6 Å². The molecule has 168 valence electrons. The number of carbonyl (C=O) groups excluding carboxylic acids is 3. The van der Waals surface area contributed by atoms with E-state index in [9.17, 15) is 18.8 Å². The maximum atomic E-state index is 13.4. The number of benzene rings is 2. The summed E-state index contributed by atoms with van der Waals surface area (Å²) >= 11 is 0. The van der Waals surface area contributed by atoms with Gasteiger partial charge in [-0.1, -0.05) is 19.3 Å². The second-order valence-corrected chi connectivity index (χ2v) is 8.13. The molecule has 1 unspecified atom stereocenters. The van der Waals surface area contributed by atoms with Crippen molar-refractivity contribution in [3.05, 3.63) is 54.3 Å². The first-order valence-electron chi connectivity index (χ1n) is 10.8. The number of urea groups is 1. The van der Waals surface area contributed by atoms with Gasteiger partial charge in [-0.25, -0.2) is 14.1 Å². The third-order valence-corrected chi connectivity index (χ3v) is 6.06. The summed E-state index contributed by atoms with van der Waals surface area (Å²) in [6.45, 7) is 0. The van der Waals surface area contributed by atoms with E-state index in [0.29, 0.717) is 17.1 Å². The van der Waals surface area contributed by atoms with Crippen LogP contribution in [0.2, 0.25) is 0 Å². The number of ether oxygens (including phenoxy) is 1. The van der Waals surface area contributed by atoms with E-state index in [1.54, 1.807) is 36.3 Å². The molecule has 1 heterocycles. The van der Waals surface area contributed by atoms with E-state index in [1.807, 2.05) is 0 Å². The Morgan fingerprint density at radius 1 is 1.03 bits per heavy atom. The van der Waals surface area contributed by atoms with Crippen molar-refractivity contribution in [3.63, 3.8) is 0 Å². The summed E-state index contributed by atoms with van der Waals surface area (Å²) < 4.78 is 18.3. The fourth-order valence-electron chi connectivity index (χ4n) is 4.46. The Kier molecular flexibility index (Phi) is 6.39. The van der Waals surface area contributed by atoms with Crippen molar-refractivity contribution >= 4 is 29.2 Å². The van der Waals surface area contributed by atoms with Crippen LogP contribution in [0.15, 0.2) is 48.5 Å². The molecule has 1 atom stereocenters. The molecule has 1 saturated heterocycles. The van der Waals surface area contributed by atoms with Crippen molar-refractivity contribution in [3.8, 4) is 5.75 Å². The van der Waals surface area contributed by atoms with E-state index in [2.05, 4.69) is 5.32 Å². The first-order chi connectivity index (χ1) is 15.5.